The first-order valence-corrected chi connectivity index (χ1v) is 14.2. The molecule has 8 nitrogen and oxygen atoms in total. The molecule has 9 heteroatoms. The Balaban J connectivity index is 1.43. The van der Waals surface area contributed by atoms with Crippen LogP contribution in [0.4, 0.5) is 0 Å². The quantitative estimate of drug-likeness (QED) is 0.367. The second-order valence-corrected chi connectivity index (χ2v) is 10.7. The van der Waals surface area contributed by atoms with Crippen LogP contribution in [-0.2, 0) is 9.53 Å². The highest BCUT2D eigenvalue weighted by atomic mass is 35.5. The zero-order chi connectivity index (χ0) is 28.8. The minimum atomic E-state index is -0.291. The number of hydrogen-bond acceptors (Lipinski definition) is 6. The van der Waals surface area contributed by atoms with Crippen molar-refractivity contribution in [3.8, 4) is 5.75 Å². The lowest BCUT2D eigenvalue weighted by atomic mass is 9.97. The summed E-state index contributed by atoms with van der Waals surface area (Å²) in [6, 6.07) is 22.5. The molecule has 0 saturated carbocycles. The number of rotatable bonds is 9. The Morgan fingerprint density at radius 3 is 2.54 bits per heavy atom. The first-order chi connectivity index (χ1) is 19.9. The molecule has 2 aliphatic rings. The van der Waals surface area contributed by atoms with E-state index < -0.39 is 0 Å². The van der Waals surface area contributed by atoms with Crippen LogP contribution in [0.25, 0.3) is 0 Å². The molecule has 2 amide bonds. The molecule has 5 rings (SSSR count). The van der Waals surface area contributed by atoms with Gasteiger partial charge in [0.25, 0.3) is 11.8 Å². The lowest BCUT2D eigenvalue weighted by molar-refractivity contribution is -0.133. The number of ether oxygens (including phenoxy) is 2. The van der Waals surface area contributed by atoms with Crippen molar-refractivity contribution in [2.45, 2.75) is 19.4 Å². The van der Waals surface area contributed by atoms with Gasteiger partial charge in [0.05, 0.1) is 42.7 Å². The van der Waals surface area contributed by atoms with E-state index in [0.717, 1.165) is 41.2 Å². The fraction of sp³-hybridized carbons (Fsp3) is 0.344. The highest BCUT2D eigenvalue weighted by Crippen LogP contribution is 2.34. The molecular formula is C32H35ClN4O4. The number of hydrazone groups is 1. The Labute approximate surface area is 246 Å². The summed E-state index contributed by atoms with van der Waals surface area (Å²) < 4.78 is 10.9. The van der Waals surface area contributed by atoms with Crippen molar-refractivity contribution >= 4 is 29.1 Å². The van der Waals surface area contributed by atoms with Gasteiger partial charge in [-0.1, -0.05) is 65.7 Å². The average molecular weight is 575 g/mol. The van der Waals surface area contributed by atoms with Gasteiger partial charge in [0.1, 0.15) is 12.3 Å². The van der Waals surface area contributed by atoms with E-state index >= 15 is 0 Å². The molecule has 0 spiro atoms. The van der Waals surface area contributed by atoms with Gasteiger partial charge in [-0.2, -0.15) is 5.10 Å². The van der Waals surface area contributed by atoms with Gasteiger partial charge in [0, 0.05) is 38.2 Å². The van der Waals surface area contributed by atoms with Crippen molar-refractivity contribution in [3.63, 3.8) is 0 Å². The summed E-state index contributed by atoms with van der Waals surface area (Å²) in [6.07, 6.45) is 0.550. The molecule has 1 saturated heterocycles. The minimum Gasteiger partial charge on any atom is -0.497 e. The van der Waals surface area contributed by atoms with Gasteiger partial charge in [-0.15, -0.1) is 0 Å². The lowest BCUT2D eigenvalue weighted by Crippen LogP contribution is -2.46. The maximum Gasteiger partial charge on any atom is 0.262 e. The van der Waals surface area contributed by atoms with Crippen molar-refractivity contribution in [3.05, 3.63) is 100 Å². The highest BCUT2D eigenvalue weighted by Gasteiger charge is 2.35. The molecule has 41 heavy (non-hydrogen) atoms. The predicted octanol–water partition coefficient (Wildman–Crippen LogP) is 4.81. The summed E-state index contributed by atoms with van der Waals surface area (Å²) in [5, 5.41) is 6.72. The molecule has 0 aromatic heterocycles. The minimum absolute atomic E-state index is 0.119. The van der Waals surface area contributed by atoms with E-state index in [1.807, 2.05) is 55.5 Å². The number of benzene rings is 3. The normalized spacial score (nSPS) is 17.3. The summed E-state index contributed by atoms with van der Waals surface area (Å²) in [5.41, 5.74) is 4.19. The largest absolute Gasteiger partial charge is 0.497 e. The van der Waals surface area contributed by atoms with Crippen molar-refractivity contribution in [2.75, 3.05) is 53.0 Å². The number of nitrogens with zero attached hydrogens (tertiary/aromatic N) is 4. The standard InChI is InChI=1S/C32H35ClN4O4/c1-23-10-12-24(13-11-23)30-21-29(25-6-5-7-26(20-25)40-2)34-37(30)31(38)22-36(15-14-35-16-18-41-19-17-35)32(39)27-8-3-4-9-28(27)33/h3-13,20,30H,14-19,21-22H2,1-2H3/t30-/m0/s1. The number of amides is 2. The van der Waals surface area contributed by atoms with Crippen LogP contribution >= 0.6 is 11.6 Å². The predicted molar refractivity (Wildman–Crippen MR) is 160 cm³/mol. The lowest BCUT2D eigenvalue weighted by Gasteiger charge is -2.31. The zero-order valence-corrected chi connectivity index (χ0v) is 24.2. The molecule has 3 aromatic rings. The molecule has 1 fully saturated rings. The van der Waals surface area contributed by atoms with E-state index in [0.29, 0.717) is 43.3 Å². The van der Waals surface area contributed by atoms with Crippen molar-refractivity contribution in [1.82, 2.24) is 14.8 Å². The van der Waals surface area contributed by atoms with Crippen LogP contribution in [0.5, 0.6) is 5.75 Å². The average Bonchev–Trinajstić information content (AvgIpc) is 3.46. The SMILES string of the molecule is COc1cccc(C2=NN(C(=O)CN(CCN3CCOCC3)C(=O)c3ccccc3Cl)[C@H](c3ccc(C)cc3)C2)c1. The van der Waals surface area contributed by atoms with Crippen LogP contribution in [0, 0.1) is 6.92 Å². The summed E-state index contributed by atoms with van der Waals surface area (Å²) in [7, 11) is 1.63. The Morgan fingerprint density at radius 1 is 1.05 bits per heavy atom. The molecule has 0 unspecified atom stereocenters. The number of aryl methyl sites for hydroxylation is 1. The molecule has 0 bridgehead atoms. The number of hydrogen-bond donors (Lipinski definition) is 0. The molecule has 1 atom stereocenters. The molecule has 0 N–H and O–H groups in total. The topological polar surface area (TPSA) is 74.7 Å². The first kappa shape index (κ1) is 28.8. The Hall–Kier alpha value is -3.72. The number of morpholine rings is 1. The van der Waals surface area contributed by atoms with Crippen LogP contribution in [-0.4, -0.2) is 85.4 Å². The first-order valence-electron chi connectivity index (χ1n) is 13.9. The van der Waals surface area contributed by atoms with Crippen molar-refractivity contribution in [1.29, 1.82) is 0 Å². The molecular weight excluding hydrogens is 540 g/mol. The smallest absolute Gasteiger partial charge is 0.262 e. The number of halogens is 1. The summed E-state index contributed by atoms with van der Waals surface area (Å²) in [4.78, 5) is 31.6. The Bertz CT molecular complexity index is 1400. The van der Waals surface area contributed by atoms with E-state index in [2.05, 4.69) is 4.90 Å². The summed E-state index contributed by atoms with van der Waals surface area (Å²) in [6.45, 7) is 5.82. The van der Waals surface area contributed by atoms with E-state index in [4.69, 9.17) is 26.2 Å². The third kappa shape index (κ3) is 6.96. The van der Waals surface area contributed by atoms with Crippen molar-refractivity contribution in [2.24, 2.45) is 5.10 Å². The molecule has 2 heterocycles. The van der Waals surface area contributed by atoms with Crippen LogP contribution in [0.3, 0.4) is 0 Å². The third-order valence-corrected chi connectivity index (χ3v) is 7.87. The molecule has 0 aliphatic carbocycles. The van der Waals surface area contributed by atoms with Gasteiger partial charge in [-0.25, -0.2) is 5.01 Å². The number of carbonyl (C=O) groups excluding carboxylic acids is 2. The molecule has 214 valence electrons. The number of methoxy groups -OCH3 is 1. The fourth-order valence-electron chi connectivity index (χ4n) is 5.15. The van der Waals surface area contributed by atoms with Gasteiger partial charge >= 0.3 is 0 Å². The van der Waals surface area contributed by atoms with Gasteiger partial charge in [0.15, 0.2) is 0 Å². The summed E-state index contributed by atoms with van der Waals surface area (Å²) >= 11 is 6.40. The molecule has 0 radical (unpaired) electrons. The maximum absolute atomic E-state index is 14.0. The zero-order valence-electron chi connectivity index (χ0n) is 23.5. The Morgan fingerprint density at radius 2 is 1.80 bits per heavy atom. The van der Waals surface area contributed by atoms with E-state index in [1.165, 1.54) is 0 Å². The van der Waals surface area contributed by atoms with E-state index in [1.54, 1.807) is 41.3 Å². The van der Waals surface area contributed by atoms with E-state index in [9.17, 15) is 9.59 Å². The number of carbonyl (C=O) groups is 2. The molecule has 3 aromatic carbocycles. The monoisotopic (exact) mass is 574 g/mol. The van der Waals surface area contributed by atoms with Gasteiger partial charge < -0.3 is 14.4 Å². The third-order valence-electron chi connectivity index (χ3n) is 7.54. The van der Waals surface area contributed by atoms with Crippen LogP contribution < -0.4 is 4.74 Å². The maximum atomic E-state index is 14.0. The van der Waals surface area contributed by atoms with Gasteiger partial charge in [0.2, 0.25) is 0 Å². The van der Waals surface area contributed by atoms with Gasteiger partial charge in [-0.05, 0) is 36.8 Å². The van der Waals surface area contributed by atoms with Gasteiger partial charge in [-0.3, -0.25) is 14.5 Å². The van der Waals surface area contributed by atoms with Crippen LogP contribution in [0.1, 0.15) is 39.5 Å². The Kier molecular flexibility index (Phi) is 9.34. The van der Waals surface area contributed by atoms with Crippen LogP contribution in [0.15, 0.2) is 77.9 Å². The second kappa shape index (κ2) is 13.3. The highest BCUT2D eigenvalue weighted by molar-refractivity contribution is 6.33. The van der Waals surface area contributed by atoms with Crippen molar-refractivity contribution < 1.29 is 19.1 Å². The second-order valence-electron chi connectivity index (χ2n) is 10.3. The van der Waals surface area contributed by atoms with Crippen LogP contribution in [0.2, 0.25) is 5.02 Å². The molecule has 2 aliphatic heterocycles. The fourth-order valence-corrected chi connectivity index (χ4v) is 5.36. The summed E-state index contributed by atoms with van der Waals surface area (Å²) in [5.74, 6) is 0.192. The van der Waals surface area contributed by atoms with E-state index in [-0.39, 0.29) is 24.4 Å².